The molecular formula is C11H14FNO2. The molecule has 4 heteroatoms. The summed E-state index contributed by atoms with van der Waals surface area (Å²) in [5.41, 5.74) is 1.13. The Bertz CT molecular complexity index is 362. The van der Waals surface area contributed by atoms with E-state index in [2.05, 4.69) is 5.32 Å². The number of phenolic OH excluding ortho intramolecular Hbond substituents is 1. The molecule has 1 heterocycles. The lowest BCUT2D eigenvalue weighted by Gasteiger charge is -2.25. The molecule has 0 aromatic heterocycles. The summed E-state index contributed by atoms with van der Waals surface area (Å²) in [7, 11) is 0. The molecule has 1 fully saturated rings. The highest BCUT2D eigenvalue weighted by Gasteiger charge is 2.20. The van der Waals surface area contributed by atoms with E-state index in [0.29, 0.717) is 24.3 Å². The van der Waals surface area contributed by atoms with Crippen molar-refractivity contribution in [3.63, 3.8) is 0 Å². The molecule has 0 amide bonds. The number of aromatic hydroxyl groups is 1. The second-order valence-corrected chi connectivity index (χ2v) is 3.74. The van der Waals surface area contributed by atoms with Crippen LogP contribution in [-0.4, -0.2) is 24.9 Å². The fraction of sp³-hybridized carbons (Fsp3) is 0.455. The highest BCUT2D eigenvalue weighted by atomic mass is 19.1. The Balaban J connectivity index is 2.33. The number of morpholine rings is 1. The van der Waals surface area contributed by atoms with E-state index in [1.807, 2.05) is 0 Å². The van der Waals surface area contributed by atoms with E-state index in [0.717, 1.165) is 6.54 Å². The predicted molar refractivity (Wildman–Crippen MR) is 54.4 cm³/mol. The molecule has 1 aliphatic heterocycles. The van der Waals surface area contributed by atoms with Crippen molar-refractivity contribution in [3.8, 4) is 5.75 Å². The van der Waals surface area contributed by atoms with Gasteiger partial charge in [0.25, 0.3) is 0 Å². The summed E-state index contributed by atoms with van der Waals surface area (Å²) in [6.07, 6.45) is 0. The van der Waals surface area contributed by atoms with Crippen molar-refractivity contribution in [2.75, 3.05) is 19.8 Å². The van der Waals surface area contributed by atoms with E-state index in [9.17, 15) is 9.50 Å². The zero-order valence-corrected chi connectivity index (χ0v) is 8.59. The zero-order chi connectivity index (χ0) is 10.8. The van der Waals surface area contributed by atoms with Crippen LogP contribution in [0.15, 0.2) is 12.1 Å². The van der Waals surface area contributed by atoms with Crippen LogP contribution in [0.3, 0.4) is 0 Å². The minimum absolute atomic E-state index is 0.117. The Labute approximate surface area is 87.9 Å². The zero-order valence-electron chi connectivity index (χ0n) is 8.59. The third-order valence-electron chi connectivity index (χ3n) is 2.59. The summed E-state index contributed by atoms with van der Waals surface area (Å²) in [4.78, 5) is 0. The monoisotopic (exact) mass is 211 g/mol. The number of aryl methyl sites for hydroxylation is 1. The van der Waals surface area contributed by atoms with Crippen LogP contribution in [-0.2, 0) is 4.74 Å². The molecule has 2 rings (SSSR count). The predicted octanol–water partition coefficient (Wildman–Crippen LogP) is 1.50. The standard InChI is InChI=1S/C11H14FNO2/c1-7-4-8(12)5-9(11(7)14)10-6-15-3-2-13-10/h4-5,10,13-14H,2-3,6H2,1H3/t10-/m0/s1. The van der Waals surface area contributed by atoms with E-state index in [1.54, 1.807) is 6.92 Å². The minimum atomic E-state index is -0.326. The largest absolute Gasteiger partial charge is 0.507 e. The first-order valence-electron chi connectivity index (χ1n) is 4.98. The molecule has 1 aromatic carbocycles. The van der Waals surface area contributed by atoms with E-state index in [1.165, 1.54) is 12.1 Å². The molecule has 1 saturated heterocycles. The minimum Gasteiger partial charge on any atom is -0.507 e. The molecule has 15 heavy (non-hydrogen) atoms. The van der Waals surface area contributed by atoms with Gasteiger partial charge < -0.3 is 15.2 Å². The van der Waals surface area contributed by atoms with Gasteiger partial charge in [-0.2, -0.15) is 0 Å². The molecular weight excluding hydrogens is 197 g/mol. The van der Waals surface area contributed by atoms with Gasteiger partial charge in [-0.1, -0.05) is 0 Å². The summed E-state index contributed by atoms with van der Waals surface area (Å²) in [6.45, 7) is 3.53. The number of nitrogens with one attached hydrogen (secondary N) is 1. The van der Waals surface area contributed by atoms with Crippen molar-refractivity contribution in [1.82, 2.24) is 5.32 Å². The highest BCUT2D eigenvalue weighted by Crippen LogP contribution is 2.29. The Morgan fingerprint density at radius 1 is 1.53 bits per heavy atom. The van der Waals surface area contributed by atoms with Crippen molar-refractivity contribution in [2.24, 2.45) is 0 Å². The Kier molecular flexibility index (Phi) is 2.88. The van der Waals surface area contributed by atoms with Gasteiger partial charge in [0.2, 0.25) is 0 Å². The average Bonchev–Trinajstić information content (AvgIpc) is 2.24. The second-order valence-electron chi connectivity index (χ2n) is 3.74. The van der Waals surface area contributed by atoms with Crippen LogP contribution in [0.4, 0.5) is 4.39 Å². The first-order valence-corrected chi connectivity index (χ1v) is 4.98. The molecule has 82 valence electrons. The summed E-state index contributed by atoms with van der Waals surface area (Å²) in [5, 5.41) is 13.0. The van der Waals surface area contributed by atoms with Crippen LogP contribution in [0.5, 0.6) is 5.75 Å². The first kappa shape index (κ1) is 10.4. The third-order valence-corrected chi connectivity index (χ3v) is 2.59. The van der Waals surface area contributed by atoms with Gasteiger partial charge in [-0.3, -0.25) is 0 Å². The fourth-order valence-corrected chi connectivity index (χ4v) is 1.79. The van der Waals surface area contributed by atoms with Gasteiger partial charge in [-0.15, -0.1) is 0 Å². The maximum atomic E-state index is 13.2. The summed E-state index contributed by atoms with van der Waals surface area (Å²) < 4.78 is 18.5. The Morgan fingerprint density at radius 2 is 2.33 bits per heavy atom. The van der Waals surface area contributed by atoms with Crippen LogP contribution in [0.2, 0.25) is 0 Å². The van der Waals surface area contributed by atoms with Crippen LogP contribution in [0.25, 0.3) is 0 Å². The number of hydrogen-bond donors (Lipinski definition) is 2. The number of benzene rings is 1. The maximum Gasteiger partial charge on any atom is 0.124 e. The normalized spacial score (nSPS) is 21.6. The smallest absolute Gasteiger partial charge is 0.124 e. The van der Waals surface area contributed by atoms with E-state index < -0.39 is 0 Å². The third kappa shape index (κ3) is 2.11. The Hall–Kier alpha value is -1.13. The number of ether oxygens (including phenoxy) is 1. The molecule has 0 radical (unpaired) electrons. The lowest BCUT2D eigenvalue weighted by molar-refractivity contribution is 0.0759. The van der Waals surface area contributed by atoms with Crippen molar-refractivity contribution >= 4 is 0 Å². The first-order chi connectivity index (χ1) is 7.18. The molecule has 0 aliphatic carbocycles. The SMILES string of the molecule is Cc1cc(F)cc([C@@H]2COCCN2)c1O. The Morgan fingerprint density at radius 3 is 3.00 bits per heavy atom. The second kappa shape index (κ2) is 4.16. The number of hydrogen-bond acceptors (Lipinski definition) is 3. The maximum absolute atomic E-state index is 13.2. The lowest BCUT2D eigenvalue weighted by Crippen LogP contribution is -2.34. The molecule has 1 atom stereocenters. The summed E-state index contributed by atoms with van der Waals surface area (Å²) in [5.74, 6) is -0.174. The van der Waals surface area contributed by atoms with Gasteiger partial charge >= 0.3 is 0 Å². The van der Waals surface area contributed by atoms with Crippen molar-refractivity contribution in [2.45, 2.75) is 13.0 Å². The molecule has 1 aliphatic rings. The number of rotatable bonds is 1. The van der Waals surface area contributed by atoms with E-state index >= 15 is 0 Å². The van der Waals surface area contributed by atoms with Gasteiger partial charge in [0.1, 0.15) is 11.6 Å². The van der Waals surface area contributed by atoms with Gasteiger partial charge in [0, 0.05) is 12.1 Å². The van der Waals surface area contributed by atoms with Crippen LogP contribution >= 0.6 is 0 Å². The van der Waals surface area contributed by atoms with Gasteiger partial charge in [0.05, 0.1) is 19.3 Å². The van der Waals surface area contributed by atoms with E-state index in [-0.39, 0.29) is 17.6 Å². The van der Waals surface area contributed by atoms with Crippen molar-refractivity contribution in [1.29, 1.82) is 0 Å². The molecule has 0 unspecified atom stereocenters. The topological polar surface area (TPSA) is 41.5 Å². The molecule has 0 spiro atoms. The fourth-order valence-electron chi connectivity index (χ4n) is 1.79. The van der Waals surface area contributed by atoms with Crippen molar-refractivity contribution < 1.29 is 14.2 Å². The summed E-state index contributed by atoms with van der Waals surface area (Å²) >= 11 is 0. The van der Waals surface area contributed by atoms with Crippen LogP contribution in [0.1, 0.15) is 17.2 Å². The molecule has 2 N–H and O–H groups in total. The van der Waals surface area contributed by atoms with Gasteiger partial charge in [-0.05, 0) is 24.6 Å². The van der Waals surface area contributed by atoms with Crippen LogP contribution in [0, 0.1) is 12.7 Å². The van der Waals surface area contributed by atoms with Gasteiger partial charge in [-0.25, -0.2) is 4.39 Å². The van der Waals surface area contributed by atoms with Crippen LogP contribution < -0.4 is 5.32 Å². The molecule has 1 aromatic rings. The highest BCUT2D eigenvalue weighted by molar-refractivity contribution is 5.42. The molecule has 3 nitrogen and oxygen atoms in total. The number of phenols is 1. The lowest BCUT2D eigenvalue weighted by atomic mass is 10.0. The quantitative estimate of drug-likeness (QED) is 0.739. The van der Waals surface area contributed by atoms with Crippen molar-refractivity contribution in [3.05, 3.63) is 29.1 Å². The van der Waals surface area contributed by atoms with E-state index in [4.69, 9.17) is 4.74 Å². The summed E-state index contributed by atoms with van der Waals surface area (Å²) in [6, 6.07) is 2.56. The average molecular weight is 211 g/mol. The number of halogens is 1. The molecule has 0 bridgehead atoms. The molecule has 0 saturated carbocycles. The van der Waals surface area contributed by atoms with Gasteiger partial charge in [0.15, 0.2) is 0 Å².